The molecule has 2 aliphatic rings. The van der Waals surface area contributed by atoms with E-state index >= 15 is 0 Å². The minimum absolute atomic E-state index is 0.281. The number of rotatable bonds is 3. The van der Waals surface area contributed by atoms with Crippen LogP contribution in [0.5, 0.6) is 0 Å². The Kier molecular flexibility index (Phi) is 4.30. The van der Waals surface area contributed by atoms with E-state index in [9.17, 15) is 13.2 Å². The molecular weight excluding hydrogens is 374 g/mol. The summed E-state index contributed by atoms with van der Waals surface area (Å²) in [6, 6.07) is 24.5. The Morgan fingerprint density at radius 3 is 1.97 bits per heavy atom. The van der Waals surface area contributed by atoms with Crippen molar-refractivity contribution in [2.45, 2.75) is 24.0 Å². The molecule has 0 radical (unpaired) electrons. The Balaban J connectivity index is 1.73. The van der Waals surface area contributed by atoms with Gasteiger partial charge in [-0.3, -0.25) is 0 Å². The van der Waals surface area contributed by atoms with Gasteiger partial charge < -0.3 is 9.47 Å². The summed E-state index contributed by atoms with van der Waals surface area (Å²) in [5.41, 5.74) is 0.745. The minimum Gasteiger partial charge on any atom is -0.402 e. The maximum atomic E-state index is 14.7. The lowest BCUT2D eigenvalue weighted by Crippen LogP contribution is -2.48. The first kappa shape index (κ1) is 18.5. The Labute approximate surface area is 168 Å². The predicted molar refractivity (Wildman–Crippen MR) is 107 cm³/mol. The highest BCUT2D eigenvalue weighted by molar-refractivity contribution is 6.65. The Morgan fingerprint density at radius 1 is 0.828 bits per heavy atom. The molecule has 0 N–H and O–H groups in total. The fourth-order valence-electron chi connectivity index (χ4n) is 4.76. The van der Waals surface area contributed by atoms with Crippen molar-refractivity contribution >= 4 is 12.5 Å². The minimum atomic E-state index is -2.87. The van der Waals surface area contributed by atoms with E-state index < -0.39 is 37.0 Å². The summed E-state index contributed by atoms with van der Waals surface area (Å²) in [5, 5.41) is 0. The molecule has 3 aromatic carbocycles. The Morgan fingerprint density at radius 2 is 1.38 bits per heavy atom. The lowest BCUT2D eigenvalue weighted by Gasteiger charge is -2.36. The van der Waals surface area contributed by atoms with Crippen molar-refractivity contribution in [2.24, 2.45) is 0 Å². The number of fused-ring (bicyclic) bond motifs is 1. The quantitative estimate of drug-likeness (QED) is 0.619. The van der Waals surface area contributed by atoms with Gasteiger partial charge in [-0.25, -0.2) is 13.2 Å². The lowest BCUT2D eigenvalue weighted by atomic mass is 9.72. The molecule has 1 atom stereocenters. The second kappa shape index (κ2) is 6.75. The average Bonchev–Trinajstić information content (AvgIpc) is 3.21. The molecule has 2 fully saturated rings. The van der Waals surface area contributed by atoms with E-state index in [1.165, 1.54) is 6.07 Å². The second-order valence-electron chi connectivity index (χ2n) is 7.71. The maximum Gasteiger partial charge on any atom is 0.423 e. The van der Waals surface area contributed by atoms with Gasteiger partial charge in [-0.2, -0.15) is 0 Å². The number of alkyl halides is 2. The third-order valence-corrected chi connectivity index (χ3v) is 5.95. The van der Waals surface area contributed by atoms with Crippen LogP contribution < -0.4 is 5.46 Å². The number of hydrogen-bond donors (Lipinski definition) is 0. The first-order valence-corrected chi connectivity index (χ1v) is 9.68. The van der Waals surface area contributed by atoms with Crippen molar-refractivity contribution in [3.63, 3.8) is 0 Å². The van der Waals surface area contributed by atoms with Crippen LogP contribution in [0, 0.1) is 5.82 Å². The highest BCUT2D eigenvalue weighted by Crippen LogP contribution is 2.52. The Bertz CT molecular complexity index is 975. The molecule has 0 aliphatic carbocycles. The molecule has 5 rings (SSSR count). The molecule has 0 bridgehead atoms. The molecule has 6 heteroatoms. The normalized spacial score (nSPS) is 22.6. The number of hydrogen-bond acceptors (Lipinski definition) is 2. The predicted octanol–water partition coefficient (Wildman–Crippen LogP) is 4.20. The van der Waals surface area contributed by atoms with Gasteiger partial charge in [-0.05, 0) is 17.2 Å². The molecule has 2 nitrogen and oxygen atoms in total. The van der Waals surface area contributed by atoms with E-state index in [1.54, 1.807) is 23.0 Å². The molecule has 0 spiro atoms. The fraction of sp³-hybridized carbons (Fsp3) is 0.217. The van der Waals surface area contributed by atoms with Crippen molar-refractivity contribution in [3.05, 3.63) is 102 Å². The summed E-state index contributed by atoms with van der Waals surface area (Å²) < 4.78 is 50.5. The van der Waals surface area contributed by atoms with Gasteiger partial charge in [-0.15, -0.1) is 0 Å². The molecule has 29 heavy (non-hydrogen) atoms. The largest absolute Gasteiger partial charge is 0.423 e. The van der Waals surface area contributed by atoms with Crippen molar-refractivity contribution in [3.8, 4) is 0 Å². The van der Waals surface area contributed by atoms with E-state index in [0.717, 1.165) is 11.1 Å². The Hall–Kier alpha value is -2.57. The zero-order valence-electron chi connectivity index (χ0n) is 15.6. The van der Waals surface area contributed by atoms with Crippen LogP contribution in [0.1, 0.15) is 17.5 Å². The zero-order chi connectivity index (χ0) is 20.1. The van der Waals surface area contributed by atoms with Crippen LogP contribution in [0.3, 0.4) is 0 Å². The number of halogens is 3. The third kappa shape index (κ3) is 2.90. The molecule has 0 saturated carbocycles. The van der Waals surface area contributed by atoms with Crippen LogP contribution >= 0.6 is 0 Å². The van der Waals surface area contributed by atoms with Crippen LogP contribution in [0.15, 0.2) is 84.9 Å². The van der Waals surface area contributed by atoms with Gasteiger partial charge in [0, 0.05) is 17.9 Å². The molecule has 146 valence electrons. The van der Waals surface area contributed by atoms with Crippen molar-refractivity contribution in [1.82, 2.24) is 4.81 Å². The van der Waals surface area contributed by atoms with Crippen molar-refractivity contribution < 1.29 is 17.8 Å². The van der Waals surface area contributed by atoms with E-state index in [4.69, 9.17) is 4.65 Å². The molecule has 3 aromatic rings. The molecule has 2 aliphatic heterocycles. The van der Waals surface area contributed by atoms with Gasteiger partial charge in [0.05, 0.1) is 6.54 Å². The summed E-state index contributed by atoms with van der Waals surface area (Å²) in [7, 11) is -0.894. The van der Waals surface area contributed by atoms with Crippen LogP contribution in [0.4, 0.5) is 13.2 Å². The van der Waals surface area contributed by atoms with Gasteiger partial charge in [0.25, 0.3) is 5.92 Å². The van der Waals surface area contributed by atoms with Crippen LogP contribution in [-0.2, 0) is 10.3 Å². The number of nitrogens with zero attached hydrogens (tertiary/aromatic N) is 1. The molecule has 2 heterocycles. The summed E-state index contributed by atoms with van der Waals surface area (Å²) in [6.07, 6.45) is -0.345. The summed E-state index contributed by atoms with van der Waals surface area (Å²) in [6.45, 7) is -0.460. The monoisotopic (exact) mass is 393 g/mol. The smallest absolute Gasteiger partial charge is 0.402 e. The zero-order valence-corrected chi connectivity index (χ0v) is 15.6. The summed E-state index contributed by atoms with van der Waals surface area (Å²) in [5.74, 6) is -3.32. The summed E-state index contributed by atoms with van der Waals surface area (Å²) >= 11 is 0. The maximum absolute atomic E-state index is 14.7. The van der Waals surface area contributed by atoms with E-state index in [1.807, 2.05) is 60.7 Å². The molecule has 0 amide bonds. The van der Waals surface area contributed by atoms with Gasteiger partial charge in [0.1, 0.15) is 11.4 Å². The highest BCUT2D eigenvalue weighted by Gasteiger charge is 2.65. The first-order valence-electron chi connectivity index (χ1n) is 9.68. The van der Waals surface area contributed by atoms with E-state index in [2.05, 4.69) is 0 Å². The van der Waals surface area contributed by atoms with Gasteiger partial charge in [-0.1, -0.05) is 78.9 Å². The number of benzene rings is 3. The molecule has 0 unspecified atom stereocenters. The van der Waals surface area contributed by atoms with Gasteiger partial charge in [0.2, 0.25) is 0 Å². The average molecular weight is 393 g/mol. The highest BCUT2D eigenvalue weighted by atomic mass is 19.3. The van der Waals surface area contributed by atoms with Crippen molar-refractivity contribution in [1.29, 1.82) is 0 Å². The third-order valence-electron chi connectivity index (χ3n) is 5.95. The fourth-order valence-corrected chi connectivity index (χ4v) is 4.76. The molecule has 0 aromatic heterocycles. The summed E-state index contributed by atoms with van der Waals surface area (Å²) in [4.78, 5) is 1.62. The topological polar surface area (TPSA) is 12.5 Å². The van der Waals surface area contributed by atoms with Gasteiger partial charge in [0.15, 0.2) is 0 Å². The van der Waals surface area contributed by atoms with Crippen LogP contribution in [-0.4, -0.2) is 30.4 Å². The molecular formula is C23H19BF3NO. The van der Waals surface area contributed by atoms with E-state index in [-0.39, 0.29) is 11.9 Å². The van der Waals surface area contributed by atoms with E-state index in [0.29, 0.717) is 0 Å². The van der Waals surface area contributed by atoms with Crippen molar-refractivity contribution in [2.75, 3.05) is 6.54 Å². The first-order chi connectivity index (χ1) is 14.0. The standard InChI is InChI=1S/C23H19BF3NO/c25-20-14-8-7-13-19(20)24-28-16-22(26,27)15-21(28)23(29-24,17-9-3-1-4-10-17)18-11-5-2-6-12-18/h1-14,21H,15-16H2/t21-/m0/s1. The SMILES string of the molecule is Fc1ccccc1B1OC(c2ccccc2)(c2ccccc2)[C@@H]2CC(F)(F)CN12. The molecule has 2 saturated heterocycles. The van der Waals surface area contributed by atoms with Gasteiger partial charge >= 0.3 is 7.05 Å². The van der Waals surface area contributed by atoms with Crippen LogP contribution in [0.25, 0.3) is 0 Å². The second-order valence-corrected chi connectivity index (χ2v) is 7.71. The lowest BCUT2D eigenvalue weighted by molar-refractivity contribution is 0.00330. The van der Waals surface area contributed by atoms with Crippen LogP contribution in [0.2, 0.25) is 0 Å².